The fourth-order valence-electron chi connectivity index (χ4n) is 2.50. The molecule has 0 bridgehead atoms. The van der Waals surface area contributed by atoms with Crippen molar-refractivity contribution in [2.75, 3.05) is 6.54 Å². The Bertz CT molecular complexity index is 229. The standard InChI is InChI=1S/C14H27NO/c1-5-14(3,4)13(16)15(6-2)12-10-8-7-9-11-12/h12H,5-11H2,1-4H3. The van der Waals surface area contributed by atoms with Crippen molar-refractivity contribution < 1.29 is 4.79 Å². The highest BCUT2D eigenvalue weighted by Crippen LogP contribution is 2.28. The Morgan fingerprint density at radius 2 is 1.75 bits per heavy atom. The van der Waals surface area contributed by atoms with E-state index in [-0.39, 0.29) is 5.41 Å². The first-order chi connectivity index (χ1) is 7.53. The third-order valence-electron chi connectivity index (χ3n) is 4.08. The van der Waals surface area contributed by atoms with Crippen molar-refractivity contribution in [2.24, 2.45) is 5.41 Å². The summed E-state index contributed by atoms with van der Waals surface area (Å²) >= 11 is 0. The van der Waals surface area contributed by atoms with E-state index in [1.807, 2.05) is 0 Å². The number of nitrogens with zero attached hydrogens (tertiary/aromatic N) is 1. The molecule has 0 aromatic rings. The second kappa shape index (κ2) is 5.70. The number of carbonyl (C=O) groups excluding carboxylic acids is 1. The van der Waals surface area contributed by atoms with E-state index in [1.165, 1.54) is 32.1 Å². The summed E-state index contributed by atoms with van der Waals surface area (Å²) in [5.41, 5.74) is -0.187. The smallest absolute Gasteiger partial charge is 0.228 e. The van der Waals surface area contributed by atoms with Gasteiger partial charge in [0.25, 0.3) is 0 Å². The molecule has 1 aliphatic rings. The largest absolute Gasteiger partial charge is 0.340 e. The molecule has 0 spiro atoms. The molecule has 1 rings (SSSR count). The molecule has 1 amide bonds. The molecule has 0 aromatic carbocycles. The van der Waals surface area contributed by atoms with Crippen molar-refractivity contribution in [3.05, 3.63) is 0 Å². The molecule has 0 aliphatic heterocycles. The first kappa shape index (κ1) is 13.5. The summed E-state index contributed by atoms with van der Waals surface area (Å²) in [5, 5.41) is 0. The van der Waals surface area contributed by atoms with E-state index in [0.717, 1.165) is 13.0 Å². The normalized spacial score (nSPS) is 18.5. The second-order valence-electron chi connectivity index (χ2n) is 5.62. The highest BCUT2D eigenvalue weighted by molar-refractivity contribution is 5.82. The van der Waals surface area contributed by atoms with Crippen molar-refractivity contribution in [1.82, 2.24) is 4.90 Å². The fraction of sp³-hybridized carbons (Fsp3) is 0.929. The van der Waals surface area contributed by atoms with E-state index < -0.39 is 0 Å². The molecule has 1 aliphatic carbocycles. The van der Waals surface area contributed by atoms with Crippen LogP contribution in [0.5, 0.6) is 0 Å². The van der Waals surface area contributed by atoms with E-state index >= 15 is 0 Å². The molecule has 0 atom stereocenters. The van der Waals surface area contributed by atoms with Gasteiger partial charge in [0.05, 0.1) is 0 Å². The van der Waals surface area contributed by atoms with E-state index in [0.29, 0.717) is 11.9 Å². The van der Waals surface area contributed by atoms with E-state index in [9.17, 15) is 4.79 Å². The summed E-state index contributed by atoms with van der Waals surface area (Å²) in [4.78, 5) is 14.6. The molecule has 16 heavy (non-hydrogen) atoms. The van der Waals surface area contributed by atoms with Crippen LogP contribution in [0.15, 0.2) is 0 Å². The molecule has 1 fully saturated rings. The lowest BCUT2D eigenvalue weighted by molar-refractivity contribution is -0.143. The van der Waals surface area contributed by atoms with Crippen LogP contribution < -0.4 is 0 Å². The zero-order valence-corrected chi connectivity index (χ0v) is 11.4. The Hall–Kier alpha value is -0.530. The molecule has 2 heteroatoms. The number of hydrogen-bond acceptors (Lipinski definition) is 1. The molecule has 0 unspecified atom stereocenters. The number of carbonyl (C=O) groups is 1. The minimum absolute atomic E-state index is 0.187. The third-order valence-corrected chi connectivity index (χ3v) is 4.08. The highest BCUT2D eigenvalue weighted by atomic mass is 16.2. The van der Waals surface area contributed by atoms with Crippen molar-refractivity contribution in [1.29, 1.82) is 0 Å². The summed E-state index contributed by atoms with van der Waals surface area (Å²) < 4.78 is 0. The maximum absolute atomic E-state index is 12.5. The van der Waals surface area contributed by atoms with Gasteiger partial charge in [-0.3, -0.25) is 4.79 Å². The van der Waals surface area contributed by atoms with Gasteiger partial charge < -0.3 is 4.90 Å². The first-order valence-corrected chi connectivity index (χ1v) is 6.84. The zero-order valence-electron chi connectivity index (χ0n) is 11.4. The Morgan fingerprint density at radius 1 is 1.19 bits per heavy atom. The summed E-state index contributed by atoms with van der Waals surface area (Å²) in [6.45, 7) is 9.22. The zero-order chi connectivity index (χ0) is 12.2. The summed E-state index contributed by atoms with van der Waals surface area (Å²) in [7, 11) is 0. The molecular weight excluding hydrogens is 198 g/mol. The Labute approximate surface area is 100 Å². The molecule has 0 N–H and O–H groups in total. The van der Waals surface area contributed by atoms with Gasteiger partial charge in [-0.15, -0.1) is 0 Å². The van der Waals surface area contributed by atoms with Gasteiger partial charge in [0.15, 0.2) is 0 Å². The van der Waals surface area contributed by atoms with Gasteiger partial charge >= 0.3 is 0 Å². The van der Waals surface area contributed by atoms with Crippen LogP contribution >= 0.6 is 0 Å². The van der Waals surface area contributed by atoms with Gasteiger partial charge in [0, 0.05) is 18.0 Å². The SMILES string of the molecule is CCN(C(=O)C(C)(C)CC)C1CCCCC1. The highest BCUT2D eigenvalue weighted by Gasteiger charge is 2.33. The number of rotatable bonds is 4. The lowest BCUT2D eigenvalue weighted by Crippen LogP contribution is -2.47. The average Bonchev–Trinajstić information content (AvgIpc) is 2.31. The lowest BCUT2D eigenvalue weighted by Gasteiger charge is -2.38. The molecule has 0 saturated heterocycles. The van der Waals surface area contributed by atoms with Gasteiger partial charge in [0.2, 0.25) is 5.91 Å². The predicted molar refractivity (Wildman–Crippen MR) is 68.3 cm³/mol. The Kier molecular flexibility index (Phi) is 4.82. The van der Waals surface area contributed by atoms with Gasteiger partial charge in [0.1, 0.15) is 0 Å². The van der Waals surface area contributed by atoms with Crippen LogP contribution in [-0.2, 0) is 4.79 Å². The molecule has 94 valence electrons. The minimum Gasteiger partial charge on any atom is -0.340 e. The molecular formula is C14H27NO. The average molecular weight is 225 g/mol. The van der Waals surface area contributed by atoms with Crippen molar-refractivity contribution >= 4 is 5.91 Å². The minimum atomic E-state index is -0.187. The lowest BCUT2D eigenvalue weighted by atomic mass is 9.86. The Morgan fingerprint density at radius 3 is 2.19 bits per heavy atom. The van der Waals surface area contributed by atoms with Crippen molar-refractivity contribution in [3.8, 4) is 0 Å². The van der Waals surface area contributed by atoms with E-state index in [4.69, 9.17) is 0 Å². The van der Waals surface area contributed by atoms with Crippen molar-refractivity contribution in [3.63, 3.8) is 0 Å². The summed E-state index contributed by atoms with van der Waals surface area (Å²) in [6, 6.07) is 0.511. The maximum Gasteiger partial charge on any atom is 0.228 e. The summed E-state index contributed by atoms with van der Waals surface area (Å²) in [6.07, 6.45) is 7.27. The predicted octanol–water partition coefficient (Wildman–Crippen LogP) is 3.60. The number of amides is 1. The molecule has 2 nitrogen and oxygen atoms in total. The van der Waals surface area contributed by atoms with Crippen LogP contribution in [0, 0.1) is 5.41 Å². The van der Waals surface area contributed by atoms with Crippen LogP contribution in [0.2, 0.25) is 0 Å². The van der Waals surface area contributed by atoms with E-state index in [2.05, 4.69) is 32.6 Å². The van der Waals surface area contributed by atoms with Crippen LogP contribution in [0.4, 0.5) is 0 Å². The van der Waals surface area contributed by atoms with Crippen LogP contribution in [0.1, 0.15) is 66.2 Å². The molecule has 0 radical (unpaired) electrons. The molecule has 0 aromatic heterocycles. The topological polar surface area (TPSA) is 20.3 Å². The quantitative estimate of drug-likeness (QED) is 0.716. The maximum atomic E-state index is 12.5. The Balaban J connectivity index is 2.69. The van der Waals surface area contributed by atoms with Crippen molar-refractivity contribution in [2.45, 2.75) is 72.3 Å². The molecule has 0 heterocycles. The third kappa shape index (κ3) is 2.99. The van der Waals surface area contributed by atoms with Crippen LogP contribution in [0.25, 0.3) is 0 Å². The van der Waals surface area contributed by atoms with Crippen LogP contribution in [-0.4, -0.2) is 23.4 Å². The van der Waals surface area contributed by atoms with E-state index in [1.54, 1.807) is 0 Å². The fourth-order valence-corrected chi connectivity index (χ4v) is 2.50. The van der Waals surface area contributed by atoms with Gasteiger partial charge in [-0.2, -0.15) is 0 Å². The summed E-state index contributed by atoms with van der Waals surface area (Å²) in [5.74, 6) is 0.351. The van der Waals surface area contributed by atoms with Crippen LogP contribution in [0.3, 0.4) is 0 Å². The van der Waals surface area contributed by atoms with Gasteiger partial charge in [-0.25, -0.2) is 0 Å². The first-order valence-electron chi connectivity index (χ1n) is 6.84. The van der Waals surface area contributed by atoms with Gasteiger partial charge in [-0.05, 0) is 26.2 Å². The second-order valence-corrected chi connectivity index (χ2v) is 5.62. The monoisotopic (exact) mass is 225 g/mol. The molecule has 1 saturated carbocycles. The van der Waals surface area contributed by atoms with Gasteiger partial charge in [-0.1, -0.05) is 40.0 Å². The number of hydrogen-bond donors (Lipinski definition) is 0.